The predicted octanol–water partition coefficient (Wildman–Crippen LogP) is 5.09. The average molecular weight is 502 g/mol. The van der Waals surface area contributed by atoms with Gasteiger partial charge >= 0.3 is 0 Å². The van der Waals surface area contributed by atoms with Crippen molar-refractivity contribution in [1.29, 1.82) is 0 Å². The van der Waals surface area contributed by atoms with Gasteiger partial charge in [-0.2, -0.15) is 0 Å². The fraction of sp³-hybridized carbons (Fsp3) is 0.143. The molecule has 0 spiro atoms. The Kier molecular flexibility index (Phi) is 4.94. The van der Waals surface area contributed by atoms with Crippen LogP contribution in [0.2, 0.25) is 0 Å². The molecule has 1 atom stereocenters. The van der Waals surface area contributed by atoms with Crippen LogP contribution in [0, 0.1) is 0 Å². The molecule has 0 aliphatic rings. The summed E-state index contributed by atoms with van der Waals surface area (Å²) >= 11 is 17.1. The summed E-state index contributed by atoms with van der Waals surface area (Å²) in [5.41, 5.74) is 6.72. The van der Waals surface area contributed by atoms with Gasteiger partial charge in [-0.25, -0.2) is 0 Å². The Balaban J connectivity index is 3.41. The average Bonchev–Trinajstić information content (AvgIpc) is 2.07. The minimum absolute atomic E-state index is 0.178. The molecule has 1 rings (SSSR count). The minimum atomic E-state index is -0.178. The monoisotopic (exact) mass is 497 g/mol. The van der Waals surface area contributed by atoms with Crippen LogP contribution in [0.15, 0.2) is 24.0 Å². The first-order valence-electron chi connectivity index (χ1n) is 3.17. The van der Waals surface area contributed by atoms with Gasteiger partial charge in [0.05, 0.1) is 4.95 Å². The topological polar surface area (TPSA) is 26.0 Å². The van der Waals surface area contributed by atoms with Crippen molar-refractivity contribution in [2.75, 3.05) is 0 Å². The van der Waals surface area contributed by atoms with Crippen LogP contribution < -0.4 is 5.73 Å². The number of benzene rings is 1. The highest BCUT2D eigenvalue weighted by molar-refractivity contribution is 9.15. The number of hydrogen-bond acceptors (Lipinski definition) is 1. The first kappa shape index (κ1) is 12.6. The number of hydrogen-bond donors (Lipinski definition) is 1. The van der Waals surface area contributed by atoms with Crippen LogP contribution in [0.25, 0.3) is 0 Å². The maximum Gasteiger partial charge on any atom is 0.0873 e. The molecule has 0 heterocycles. The van der Waals surface area contributed by atoms with Crippen molar-refractivity contribution in [3.05, 3.63) is 29.5 Å². The molecule has 1 aromatic rings. The molecule has 1 nitrogen and oxygen atoms in total. The fourth-order valence-electron chi connectivity index (χ4n) is 0.792. The van der Waals surface area contributed by atoms with Crippen molar-refractivity contribution in [1.82, 2.24) is 0 Å². The van der Waals surface area contributed by atoms with Gasteiger partial charge in [-0.05, 0) is 75.3 Å². The van der Waals surface area contributed by atoms with E-state index in [0.29, 0.717) is 0 Å². The molecule has 1 aromatic carbocycles. The summed E-state index contributed by atoms with van der Waals surface area (Å²) in [5.74, 6) is 0. The van der Waals surface area contributed by atoms with E-state index in [4.69, 9.17) is 5.73 Å². The molecule has 0 aliphatic carbocycles. The van der Waals surface area contributed by atoms with Crippen molar-refractivity contribution in [3.8, 4) is 0 Å². The molecule has 13 heavy (non-hydrogen) atoms. The molecule has 0 aliphatic heterocycles. The fourth-order valence-corrected chi connectivity index (χ4v) is 3.75. The zero-order chi connectivity index (χ0) is 10.2. The zero-order valence-electron chi connectivity index (χ0n) is 6.12. The second-order valence-electron chi connectivity index (χ2n) is 2.29. The molecule has 0 fully saturated rings. The van der Waals surface area contributed by atoms with E-state index >= 15 is 0 Å². The smallest absolute Gasteiger partial charge is 0.0873 e. The molecule has 0 bridgehead atoms. The number of rotatable bonds is 1. The third kappa shape index (κ3) is 2.78. The number of halogens is 5. The Morgan fingerprint density at radius 3 is 2.00 bits per heavy atom. The van der Waals surface area contributed by atoms with Crippen LogP contribution >= 0.6 is 79.6 Å². The summed E-state index contributed by atoms with van der Waals surface area (Å²) in [6, 6.07) is 1.96. The van der Waals surface area contributed by atoms with Crippen LogP contribution in [0.1, 0.15) is 10.5 Å². The Labute approximate surface area is 118 Å². The third-order valence-electron chi connectivity index (χ3n) is 1.43. The summed E-state index contributed by atoms with van der Waals surface area (Å²) < 4.78 is 3.84. The summed E-state index contributed by atoms with van der Waals surface area (Å²) in [5, 5.41) is 0. The first-order chi connectivity index (χ1) is 5.95. The van der Waals surface area contributed by atoms with Crippen molar-refractivity contribution in [2.24, 2.45) is 5.73 Å². The van der Waals surface area contributed by atoms with Gasteiger partial charge in [0, 0.05) is 17.9 Å². The summed E-state index contributed by atoms with van der Waals surface area (Å²) in [4.78, 5) is -0.178. The molecule has 0 amide bonds. The van der Waals surface area contributed by atoms with Gasteiger partial charge in [0.15, 0.2) is 0 Å². The van der Waals surface area contributed by atoms with Crippen LogP contribution in [0.4, 0.5) is 0 Å². The molecule has 0 saturated heterocycles. The van der Waals surface area contributed by atoms with E-state index in [1.165, 1.54) is 0 Å². The van der Waals surface area contributed by atoms with Gasteiger partial charge in [0.2, 0.25) is 0 Å². The molecular weight excluding hydrogens is 498 g/mol. The summed E-state index contributed by atoms with van der Waals surface area (Å²) in [6.45, 7) is 0. The lowest BCUT2D eigenvalue weighted by atomic mass is 10.2. The van der Waals surface area contributed by atoms with Gasteiger partial charge in [-0.3, -0.25) is 0 Å². The van der Waals surface area contributed by atoms with Gasteiger partial charge in [-0.15, -0.1) is 0 Å². The molecule has 0 saturated carbocycles. The number of nitrogens with two attached hydrogens (primary N) is 1. The van der Waals surface area contributed by atoms with Crippen molar-refractivity contribution < 1.29 is 0 Å². The van der Waals surface area contributed by atoms with Crippen molar-refractivity contribution >= 4 is 79.6 Å². The normalized spacial score (nSPS) is 13.1. The zero-order valence-corrected chi connectivity index (χ0v) is 14.1. The van der Waals surface area contributed by atoms with Crippen molar-refractivity contribution in [2.45, 2.75) is 4.95 Å². The van der Waals surface area contributed by atoms with Gasteiger partial charge in [-0.1, -0.05) is 15.9 Å². The van der Waals surface area contributed by atoms with E-state index < -0.39 is 0 Å². The van der Waals surface area contributed by atoms with E-state index in [1.807, 2.05) is 6.07 Å². The predicted molar refractivity (Wildman–Crippen MR) is 73.1 cm³/mol. The summed E-state index contributed by atoms with van der Waals surface area (Å²) in [6.07, 6.45) is 0. The third-order valence-corrected chi connectivity index (χ3v) is 6.61. The van der Waals surface area contributed by atoms with E-state index in [9.17, 15) is 0 Å². The van der Waals surface area contributed by atoms with E-state index in [1.54, 1.807) is 0 Å². The maximum absolute atomic E-state index is 5.73. The molecular formula is C7H4Br5N. The Morgan fingerprint density at radius 2 is 1.54 bits per heavy atom. The molecule has 2 N–H and O–H groups in total. The van der Waals surface area contributed by atoms with Crippen LogP contribution in [-0.4, -0.2) is 0 Å². The lowest BCUT2D eigenvalue weighted by Crippen LogP contribution is -2.03. The second-order valence-corrected chi connectivity index (χ2v) is 6.51. The van der Waals surface area contributed by atoms with E-state index in [0.717, 1.165) is 23.5 Å². The Morgan fingerprint density at radius 1 is 1.00 bits per heavy atom. The molecule has 72 valence electrons. The lowest BCUT2D eigenvalue weighted by Gasteiger charge is -2.11. The van der Waals surface area contributed by atoms with E-state index in [-0.39, 0.29) is 4.95 Å². The first-order valence-corrected chi connectivity index (χ1v) is 7.26. The highest BCUT2D eigenvalue weighted by atomic mass is 79.9. The molecule has 1 unspecified atom stereocenters. The highest BCUT2D eigenvalue weighted by Crippen LogP contribution is 2.41. The molecule has 6 heteroatoms. The Hall–Kier alpha value is 1.58. The SMILES string of the molecule is NC(Br)c1cc(Br)c(Br)c(Br)c1Br. The van der Waals surface area contributed by atoms with Gasteiger partial charge in [0.25, 0.3) is 0 Å². The minimum Gasteiger partial charge on any atom is -0.315 e. The highest BCUT2D eigenvalue weighted by Gasteiger charge is 2.14. The number of alkyl halides is 1. The molecule has 0 radical (unpaired) electrons. The quantitative estimate of drug-likeness (QED) is 0.247. The second kappa shape index (κ2) is 5.07. The lowest BCUT2D eigenvalue weighted by molar-refractivity contribution is 1.04. The van der Waals surface area contributed by atoms with Gasteiger partial charge in [0.1, 0.15) is 0 Å². The van der Waals surface area contributed by atoms with E-state index in [2.05, 4.69) is 79.6 Å². The summed E-state index contributed by atoms with van der Waals surface area (Å²) in [7, 11) is 0. The largest absolute Gasteiger partial charge is 0.315 e. The van der Waals surface area contributed by atoms with Crippen LogP contribution in [-0.2, 0) is 0 Å². The standard InChI is InChI=1S/C7H4Br5N/c8-3-1-2(7(12)13)4(9)6(11)5(3)10/h1,7H,13H2. The Bertz CT molecular complexity index is 336. The molecule has 0 aromatic heterocycles. The van der Waals surface area contributed by atoms with Crippen LogP contribution in [0.5, 0.6) is 0 Å². The maximum atomic E-state index is 5.73. The van der Waals surface area contributed by atoms with Crippen LogP contribution in [0.3, 0.4) is 0 Å². The van der Waals surface area contributed by atoms with Crippen molar-refractivity contribution in [3.63, 3.8) is 0 Å². The van der Waals surface area contributed by atoms with Gasteiger partial charge < -0.3 is 5.73 Å².